The molecule has 0 saturated heterocycles. The second kappa shape index (κ2) is 7.14. The van der Waals surface area contributed by atoms with Crippen LogP contribution >= 0.6 is 0 Å². The van der Waals surface area contributed by atoms with Crippen molar-refractivity contribution < 1.29 is 13.9 Å². The molecular formula is C15H14FN3O2. The Morgan fingerprint density at radius 3 is 2.57 bits per heavy atom. The van der Waals surface area contributed by atoms with Crippen LogP contribution in [0.4, 0.5) is 4.39 Å². The van der Waals surface area contributed by atoms with Crippen molar-refractivity contribution in [2.45, 2.75) is 0 Å². The maximum atomic E-state index is 13.5. The zero-order chi connectivity index (χ0) is 15.1. The molecule has 5 nitrogen and oxygen atoms in total. The van der Waals surface area contributed by atoms with Gasteiger partial charge in [0.25, 0.3) is 0 Å². The van der Waals surface area contributed by atoms with Crippen LogP contribution in [0.1, 0.15) is 11.1 Å². The van der Waals surface area contributed by atoms with E-state index in [0.717, 1.165) is 5.56 Å². The molecule has 2 aromatic rings. The van der Waals surface area contributed by atoms with Crippen molar-refractivity contribution in [3.8, 4) is 5.75 Å². The van der Waals surface area contributed by atoms with E-state index in [0.29, 0.717) is 11.5 Å². The molecule has 108 valence electrons. The first-order valence-electron chi connectivity index (χ1n) is 6.13. The lowest BCUT2D eigenvalue weighted by atomic mass is 10.2. The average molecular weight is 287 g/mol. The van der Waals surface area contributed by atoms with E-state index < -0.39 is 5.82 Å². The highest BCUT2D eigenvalue weighted by atomic mass is 19.1. The first-order chi connectivity index (χ1) is 10.2. The summed E-state index contributed by atoms with van der Waals surface area (Å²) in [5.41, 5.74) is 1.33. The maximum Gasteiger partial charge on any atom is 0.240 e. The van der Waals surface area contributed by atoms with Crippen LogP contribution in [0.3, 0.4) is 0 Å². The van der Waals surface area contributed by atoms with Gasteiger partial charge in [-0.1, -0.05) is 0 Å². The van der Waals surface area contributed by atoms with Crippen LogP contribution in [-0.2, 0) is 4.74 Å². The number of pyridine rings is 1. The molecule has 0 fully saturated rings. The fraction of sp³-hybridized carbons (Fsp3) is 0.133. The highest BCUT2D eigenvalue weighted by Crippen LogP contribution is 2.16. The molecule has 0 amide bonds. The van der Waals surface area contributed by atoms with E-state index in [1.165, 1.54) is 32.6 Å². The average Bonchev–Trinajstić information content (AvgIpc) is 2.52. The highest BCUT2D eigenvalue weighted by molar-refractivity contribution is 5.94. The van der Waals surface area contributed by atoms with Crippen LogP contribution < -0.4 is 4.74 Å². The fourth-order valence-corrected chi connectivity index (χ4v) is 1.62. The lowest BCUT2D eigenvalue weighted by molar-refractivity contribution is 0.386. The summed E-state index contributed by atoms with van der Waals surface area (Å²) in [6.07, 6.45) is 4.70. The Morgan fingerprint density at radius 1 is 1.19 bits per heavy atom. The zero-order valence-electron chi connectivity index (χ0n) is 11.7. The minimum Gasteiger partial charge on any atom is -0.494 e. The van der Waals surface area contributed by atoms with E-state index in [2.05, 4.69) is 15.2 Å². The van der Waals surface area contributed by atoms with E-state index in [1.54, 1.807) is 30.6 Å². The number of ether oxygens (including phenoxy) is 2. The summed E-state index contributed by atoms with van der Waals surface area (Å²) >= 11 is 0. The molecule has 0 radical (unpaired) electrons. The minimum absolute atomic E-state index is 0.185. The number of halogens is 1. The van der Waals surface area contributed by atoms with Crippen LogP contribution in [0.2, 0.25) is 0 Å². The smallest absolute Gasteiger partial charge is 0.240 e. The molecule has 0 aliphatic carbocycles. The topological polar surface area (TPSA) is 56.1 Å². The highest BCUT2D eigenvalue weighted by Gasteiger charge is 2.03. The third kappa shape index (κ3) is 3.85. The van der Waals surface area contributed by atoms with Crippen LogP contribution in [0.25, 0.3) is 0 Å². The summed E-state index contributed by atoms with van der Waals surface area (Å²) in [6, 6.07) is 8.03. The van der Waals surface area contributed by atoms with Gasteiger partial charge in [-0.3, -0.25) is 4.98 Å². The molecule has 2 rings (SSSR count). The summed E-state index contributed by atoms with van der Waals surface area (Å²) in [5.74, 6) is 0.0826. The van der Waals surface area contributed by atoms with Gasteiger partial charge in [-0.2, -0.15) is 5.10 Å². The Bertz CT molecular complexity index is 657. The molecule has 0 spiro atoms. The molecule has 0 aliphatic heterocycles. The molecule has 0 N–H and O–H groups in total. The van der Waals surface area contributed by atoms with E-state index in [-0.39, 0.29) is 5.75 Å². The lowest BCUT2D eigenvalue weighted by Gasteiger charge is -2.02. The third-order valence-electron chi connectivity index (χ3n) is 2.65. The second-order valence-electron chi connectivity index (χ2n) is 3.98. The normalized spacial score (nSPS) is 11.7. The standard InChI is InChI=1S/C15H14FN3O2/c1-20-14-4-3-11(9-13(14)16)10-18-19-15(21-2)12-5-7-17-8-6-12/h3-10H,1-2H3/b18-10+,19-15+. The summed E-state index contributed by atoms with van der Waals surface area (Å²) in [6.45, 7) is 0. The Kier molecular flexibility index (Phi) is 4.98. The first kappa shape index (κ1) is 14.6. The summed E-state index contributed by atoms with van der Waals surface area (Å²) in [5, 5.41) is 7.86. The van der Waals surface area contributed by atoms with Crippen molar-refractivity contribution in [2.75, 3.05) is 14.2 Å². The molecule has 0 saturated carbocycles. The van der Waals surface area contributed by atoms with Crippen molar-refractivity contribution in [1.29, 1.82) is 0 Å². The Hall–Kier alpha value is -2.76. The predicted octanol–water partition coefficient (Wildman–Crippen LogP) is 2.66. The first-order valence-corrected chi connectivity index (χ1v) is 6.13. The van der Waals surface area contributed by atoms with Crippen molar-refractivity contribution in [3.05, 3.63) is 59.7 Å². The van der Waals surface area contributed by atoms with Crippen LogP contribution in [0.15, 0.2) is 52.9 Å². The summed E-state index contributed by atoms with van der Waals surface area (Å²) in [4.78, 5) is 3.91. The van der Waals surface area contributed by atoms with Crippen molar-refractivity contribution in [1.82, 2.24) is 4.98 Å². The van der Waals surface area contributed by atoms with Gasteiger partial charge in [-0.15, -0.1) is 5.10 Å². The van der Waals surface area contributed by atoms with Gasteiger partial charge in [0.1, 0.15) is 0 Å². The zero-order valence-corrected chi connectivity index (χ0v) is 11.7. The van der Waals surface area contributed by atoms with Crippen molar-refractivity contribution in [3.63, 3.8) is 0 Å². The summed E-state index contributed by atoms with van der Waals surface area (Å²) in [7, 11) is 2.91. The number of methoxy groups -OCH3 is 2. The number of hydrogen-bond acceptors (Lipinski definition) is 5. The van der Waals surface area contributed by atoms with Gasteiger partial charge >= 0.3 is 0 Å². The molecule has 21 heavy (non-hydrogen) atoms. The van der Waals surface area contributed by atoms with Crippen LogP contribution in [0.5, 0.6) is 5.75 Å². The second-order valence-corrected chi connectivity index (χ2v) is 3.98. The molecular weight excluding hydrogens is 273 g/mol. The lowest BCUT2D eigenvalue weighted by Crippen LogP contribution is -2.02. The van der Waals surface area contributed by atoms with Crippen molar-refractivity contribution >= 4 is 12.1 Å². The molecule has 1 aromatic heterocycles. The monoisotopic (exact) mass is 287 g/mol. The summed E-state index contributed by atoms with van der Waals surface area (Å²) < 4.78 is 23.5. The Balaban J connectivity index is 2.16. The van der Waals surface area contributed by atoms with Gasteiger partial charge in [0.15, 0.2) is 11.6 Å². The van der Waals surface area contributed by atoms with Gasteiger partial charge in [-0.25, -0.2) is 4.39 Å². The van der Waals surface area contributed by atoms with Gasteiger partial charge < -0.3 is 9.47 Å². The minimum atomic E-state index is -0.452. The van der Waals surface area contributed by atoms with Crippen LogP contribution in [0, 0.1) is 5.82 Å². The number of rotatable bonds is 4. The number of nitrogens with zero attached hydrogens (tertiary/aromatic N) is 3. The van der Waals surface area contributed by atoms with Gasteiger partial charge in [0.2, 0.25) is 5.90 Å². The van der Waals surface area contributed by atoms with Gasteiger partial charge in [0.05, 0.1) is 20.4 Å². The molecule has 1 heterocycles. The number of hydrogen-bond donors (Lipinski definition) is 0. The largest absolute Gasteiger partial charge is 0.494 e. The quantitative estimate of drug-likeness (QED) is 0.493. The number of aromatic nitrogens is 1. The predicted molar refractivity (Wildman–Crippen MR) is 78.3 cm³/mol. The van der Waals surface area contributed by atoms with E-state index in [4.69, 9.17) is 9.47 Å². The van der Waals surface area contributed by atoms with E-state index in [9.17, 15) is 4.39 Å². The van der Waals surface area contributed by atoms with Gasteiger partial charge in [0, 0.05) is 18.0 Å². The third-order valence-corrected chi connectivity index (χ3v) is 2.65. The molecule has 0 aliphatic rings. The molecule has 6 heteroatoms. The molecule has 1 aromatic carbocycles. The maximum absolute atomic E-state index is 13.5. The molecule has 0 atom stereocenters. The fourth-order valence-electron chi connectivity index (χ4n) is 1.62. The van der Waals surface area contributed by atoms with Crippen LogP contribution in [-0.4, -0.2) is 31.3 Å². The Morgan fingerprint density at radius 2 is 1.95 bits per heavy atom. The molecule has 0 unspecified atom stereocenters. The SMILES string of the molecule is CO/C(=N/N=C/c1ccc(OC)c(F)c1)c1ccncc1. The Labute approximate surface area is 121 Å². The molecule has 0 bridgehead atoms. The van der Waals surface area contributed by atoms with E-state index in [1.807, 2.05) is 0 Å². The van der Waals surface area contributed by atoms with Gasteiger partial charge in [-0.05, 0) is 35.9 Å². The van der Waals surface area contributed by atoms with E-state index >= 15 is 0 Å². The number of benzene rings is 1. The van der Waals surface area contributed by atoms with Crippen molar-refractivity contribution in [2.24, 2.45) is 10.2 Å².